The van der Waals surface area contributed by atoms with Crippen molar-refractivity contribution < 1.29 is 9.53 Å². The van der Waals surface area contributed by atoms with Crippen LogP contribution in [0.15, 0.2) is 0 Å². The molecule has 1 atom stereocenters. The summed E-state index contributed by atoms with van der Waals surface area (Å²) < 4.78 is 5.06. The van der Waals surface area contributed by atoms with Crippen molar-refractivity contribution in [2.75, 3.05) is 11.9 Å². The van der Waals surface area contributed by atoms with Gasteiger partial charge in [0.2, 0.25) is 0 Å². The maximum Gasteiger partial charge on any atom is 0.316 e. The van der Waals surface area contributed by atoms with Crippen molar-refractivity contribution in [3.05, 3.63) is 0 Å². The molecule has 0 aromatic rings. The minimum atomic E-state index is -0.157. The van der Waals surface area contributed by atoms with E-state index in [1.54, 1.807) is 0 Å². The van der Waals surface area contributed by atoms with Crippen molar-refractivity contribution >= 4 is 21.9 Å². The third-order valence-electron chi connectivity index (χ3n) is 2.13. The molecule has 0 aliphatic heterocycles. The van der Waals surface area contributed by atoms with Crippen LogP contribution in [0.1, 0.15) is 39.5 Å². The summed E-state index contributed by atoms with van der Waals surface area (Å²) in [6, 6.07) is 0. The Morgan fingerprint density at radius 3 is 2.62 bits per heavy atom. The average Bonchev–Trinajstić information content (AvgIpc) is 2.17. The second kappa shape index (κ2) is 8.54. The summed E-state index contributed by atoms with van der Waals surface area (Å²) in [4.78, 5) is 10.8. The van der Waals surface area contributed by atoms with Crippen LogP contribution >= 0.6 is 15.9 Å². The third kappa shape index (κ3) is 7.05. The van der Waals surface area contributed by atoms with Crippen LogP contribution in [0.2, 0.25) is 0 Å². The Morgan fingerprint density at radius 1 is 1.46 bits per heavy atom. The summed E-state index contributed by atoms with van der Waals surface area (Å²) in [6.45, 7) is 4.90. The number of carbonyl (C=O) groups is 1. The molecule has 2 nitrogen and oxygen atoms in total. The first-order valence-corrected chi connectivity index (χ1v) is 6.08. The van der Waals surface area contributed by atoms with Crippen LogP contribution < -0.4 is 0 Å². The monoisotopic (exact) mass is 250 g/mol. The van der Waals surface area contributed by atoms with Crippen LogP contribution in [-0.4, -0.2) is 17.9 Å². The van der Waals surface area contributed by atoms with Crippen molar-refractivity contribution in [1.82, 2.24) is 0 Å². The van der Waals surface area contributed by atoms with Gasteiger partial charge in [-0.25, -0.2) is 0 Å². The molecule has 0 aliphatic rings. The molecule has 0 heterocycles. The molecule has 13 heavy (non-hydrogen) atoms. The number of rotatable bonds is 7. The first kappa shape index (κ1) is 12.9. The van der Waals surface area contributed by atoms with Crippen molar-refractivity contribution in [3.63, 3.8) is 0 Å². The Morgan fingerprint density at radius 2 is 2.15 bits per heavy atom. The van der Waals surface area contributed by atoms with Crippen molar-refractivity contribution in [3.8, 4) is 0 Å². The topological polar surface area (TPSA) is 26.3 Å². The normalized spacial score (nSPS) is 12.5. The van der Waals surface area contributed by atoms with Gasteiger partial charge in [0.25, 0.3) is 0 Å². The molecule has 0 aromatic carbocycles. The highest BCUT2D eigenvalue weighted by atomic mass is 79.9. The fourth-order valence-electron chi connectivity index (χ4n) is 1.15. The zero-order valence-corrected chi connectivity index (χ0v) is 10.1. The highest BCUT2D eigenvalue weighted by molar-refractivity contribution is 9.09. The number of hydrogen-bond donors (Lipinski definition) is 0. The van der Waals surface area contributed by atoms with E-state index in [9.17, 15) is 4.79 Å². The molecular formula is C10H19BrO2. The molecule has 0 bridgehead atoms. The quantitative estimate of drug-likeness (QED) is 0.513. The largest absolute Gasteiger partial charge is 0.465 e. The van der Waals surface area contributed by atoms with E-state index in [4.69, 9.17) is 4.74 Å². The molecule has 1 unspecified atom stereocenters. The lowest BCUT2D eigenvalue weighted by Gasteiger charge is -2.13. The van der Waals surface area contributed by atoms with Crippen LogP contribution in [-0.2, 0) is 9.53 Å². The van der Waals surface area contributed by atoms with E-state index in [2.05, 4.69) is 29.8 Å². The number of ether oxygens (including phenoxy) is 1. The fraction of sp³-hybridized carbons (Fsp3) is 0.900. The number of unbranched alkanes of at least 4 members (excludes halogenated alkanes) is 1. The van der Waals surface area contributed by atoms with Gasteiger partial charge in [-0.2, -0.15) is 0 Å². The van der Waals surface area contributed by atoms with Gasteiger partial charge in [-0.3, -0.25) is 4.79 Å². The Kier molecular flexibility index (Phi) is 8.51. The van der Waals surface area contributed by atoms with Gasteiger partial charge in [0, 0.05) is 0 Å². The molecular weight excluding hydrogens is 232 g/mol. The molecule has 0 spiro atoms. The van der Waals surface area contributed by atoms with Gasteiger partial charge in [0.15, 0.2) is 0 Å². The number of halogens is 1. The van der Waals surface area contributed by atoms with Crippen LogP contribution in [0.3, 0.4) is 0 Å². The molecule has 0 saturated heterocycles. The minimum absolute atomic E-state index is 0.157. The van der Waals surface area contributed by atoms with E-state index in [0.29, 0.717) is 17.9 Å². The number of alkyl halides is 1. The van der Waals surface area contributed by atoms with Crippen LogP contribution in [0.4, 0.5) is 0 Å². The van der Waals surface area contributed by atoms with Crippen LogP contribution in [0, 0.1) is 5.92 Å². The van der Waals surface area contributed by atoms with E-state index in [1.807, 2.05) is 0 Å². The SMILES string of the molecule is CCCCC(CC)COC(=O)CBr. The molecule has 0 radical (unpaired) electrons. The predicted octanol–water partition coefficient (Wildman–Crippen LogP) is 3.14. The minimum Gasteiger partial charge on any atom is -0.465 e. The molecule has 0 amide bonds. The third-order valence-corrected chi connectivity index (χ3v) is 2.59. The van der Waals surface area contributed by atoms with E-state index in [1.165, 1.54) is 19.3 Å². The first-order chi connectivity index (χ1) is 6.24. The zero-order valence-electron chi connectivity index (χ0n) is 8.51. The van der Waals surface area contributed by atoms with Crippen molar-refractivity contribution in [1.29, 1.82) is 0 Å². The number of esters is 1. The zero-order chi connectivity index (χ0) is 10.1. The smallest absolute Gasteiger partial charge is 0.316 e. The van der Waals surface area contributed by atoms with E-state index >= 15 is 0 Å². The second-order valence-electron chi connectivity index (χ2n) is 3.23. The molecule has 0 N–H and O–H groups in total. The number of carbonyl (C=O) groups excluding carboxylic acids is 1. The Labute approximate surface area is 89.2 Å². The fourth-order valence-corrected chi connectivity index (χ4v) is 1.31. The molecule has 0 saturated carbocycles. The first-order valence-electron chi connectivity index (χ1n) is 4.96. The average molecular weight is 251 g/mol. The lowest BCUT2D eigenvalue weighted by molar-refractivity contribution is -0.141. The van der Waals surface area contributed by atoms with Gasteiger partial charge in [0.1, 0.15) is 5.33 Å². The maximum atomic E-state index is 10.8. The summed E-state index contributed by atoms with van der Waals surface area (Å²) in [5.74, 6) is 0.387. The highest BCUT2D eigenvalue weighted by Gasteiger charge is 2.08. The molecule has 3 heteroatoms. The maximum absolute atomic E-state index is 10.8. The summed E-state index contributed by atoms with van der Waals surface area (Å²) in [6.07, 6.45) is 4.70. The molecule has 78 valence electrons. The lowest BCUT2D eigenvalue weighted by Crippen LogP contribution is -2.14. The van der Waals surface area contributed by atoms with E-state index < -0.39 is 0 Å². The van der Waals surface area contributed by atoms with Gasteiger partial charge in [-0.05, 0) is 12.3 Å². The molecule has 0 fully saturated rings. The van der Waals surface area contributed by atoms with Crippen molar-refractivity contribution in [2.45, 2.75) is 39.5 Å². The van der Waals surface area contributed by atoms with Crippen LogP contribution in [0.5, 0.6) is 0 Å². The van der Waals surface area contributed by atoms with E-state index in [0.717, 1.165) is 6.42 Å². The Hall–Kier alpha value is -0.0500. The summed E-state index contributed by atoms with van der Waals surface area (Å²) in [7, 11) is 0. The lowest BCUT2D eigenvalue weighted by atomic mass is 10.0. The number of hydrogen-bond acceptors (Lipinski definition) is 2. The molecule has 0 aliphatic carbocycles. The van der Waals surface area contributed by atoms with Crippen LogP contribution in [0.25, 0.3) is 0 Å². The van der Waals surface area contributed by atoms with Gasteiger partial charge >= 0.3 is 5.97 Å². The van der Waals surface area contributed by atoms with Gasteiger partial charge in [-0.1, -0.05) is 49.0 Å². The summed E-state index contributed by atoms with van der Waals surface area (Å²) >= 11 is 3.06. The second-order valence-corrected chi connectivity index (χ2v) is 3.79. The van der Waals surface area contributed by atoms with Gasteiger partial charge in [-0.15, -0.1) is 0 Å². The molecule has 0 rings (SSSR count). The Balaban J connectivity index is 3.52. The Bertz CT molecular complexity index is 137. The molecule has 0 aromatic heterocycles. The summed E-state index contributed by atoms with van der Waals surface area (Å²) in [5, 5.41) is 0.303. The van der Waals surface area contributed by atoms with Gasteiger partial charge < -0.3 is 4.74 Å². The highest BCUT2D eigenvalue weighted by Crippen LogP contribution is 2.12. The van der Waals surface area contributed by atoms with Gasteiger partial charge in [0.05, 0.1) is 6.61 Å². The predicted molar refractivity (Wildman–Crippen MR) is 58.1 cm³/mol. The van der Waals surface area contributed by atoms with E-state index in [-0.39, 0.29) is 5.97 Å². The standard InChI is InChI=1S/C10H19BrO2/c1-3-5-6-9(4-2)8-13-10(12)7-11/h9H,3-8H2,1-2H3. The summed E-state index contributed by atoms with van der Waals surface area (Å²) in [5.41, 5.74) is 0. The van der Waals surface area contributed by atoms with Crippen molar-refractivity contribution in [2.24, 2.45) is 5.92 Å².